The lowest BCUT2D eigenvalue weighted by Crippen LogP contribution is -3.28. The molecule has 1 atom stereocenters. The van der Waals surface area contributed by atoms with Crippen LogP contribution in [0.25, 0.3) is 10.8 Å². The Morgan fingerprint density at radius 1 is 0.825 bits per heavy atom. The molecule has 0 bridgehead atoms. The van der Waals surface area contributed by atoms with Gasteiger partial charge in [-0.3, -0.25) is 14.5 Å². The quantitative estimate of drug-likeness (QED) is 0.360. The molecule has 0 aromatic heterocycles. The van der Waals surface area contributed by atoms with E-state index in [9.17, 15) is 14.7 Å². The summed E-state index contributed by atoms with van der Waals surface area (Å²) in [6.07, 6.45) is 6.09. The van der Waals surface area contributed by atoms with Gasteiger partial charge >= 0.3 is 0 Å². The van der Waals surface area contributed by atoms with Gasteiger partial charge in [0, 0.05) is 16.5 Å². The van der Waals surface area contributed by atoms with E-state index in [0.29, 0.717) is 36.7 Å². The van der Waals surface area contributed by atoms with Gasteiger partial charge in [-0.2, -0.15) is 0 Å². The molecule has 1 saturated heterocycles. The van der Waals surface area contributed by atoms with E-state index >= 15 is 0 Å². The van der Waals surface area contributed by atoms with Crippen molar-refractivity contribution in [1.29, 1.82) is 0 Å². The Balaban J connectivity index is 0.936. The molecule has 2 heterocycles. The Labute approximate surface area is 236 Å². The fraction of sp³-hybridized carbons (Fsp3) is 0.455. The highest BCUT2D eigenvalue weighted by molar-refractivity contribution is 6.25. The summed E-state index contributed by atoms with van der Waals surface area (Å²) >= 11 is 0. The van der Waals surface area contributed by atoms with Crippen LogP contribution in [0.5, 0.6) is 5.75 Å². The van der Waals surface area contributed by atoms with Gasteiger partial charge in [-0.05, 0) is 54.0 Å². The van der Waals surface area contributed by atoms with Crippen molar-refractivity contribution in [2.75, 3.05) is 52.4 Å². The van der Waals surface area contributed by atoms with Crippen molar-refractivity contribution in [3.63, 3.8) is 0 Å². The van der Waals surface area contributed by atoms with Crippen molar-refractivity contribution < 1.29 is 29.2 Å². The Morgan fingerprint density at radius 3 is 2.10 bits per heavy atom. The van der Waals surface area contributed by atoms with Crippen molar-refractivity contribution in [3.8, 4) is 5.75 Å². The van der Waals surface area contributed by atoms with Crippen molar-refractivity contribution in [3.05, 3.63) is 77.4 Å². The normalized spacial score (nSPS) is 22.5. The molecule has 210 valence electrons. The number of benzene rings is 3. The molecule has 2 fully saturated rings. The van der Waals surface area contributed by atoms with Gasteiger partial charge in [0.05, 0.1) is 13.1 Å². The number of carbonyl (C=O) groups excluding carboxylic acids is 2. The van der Waals surface area contributed by atoms with Crippen LogP contribution in [0.2, 0.25) is 0 Å². The van der Waals surface area contributed by atoms with Crippen LogP contribution >= 0.6 is 0 Å². The van der Waals surface area contributed by atoms with Gasteiger partial charge < -0.3 is 19.6 Å². The number of hydrogen-bond acceptors (Lipinski definition) is 4. The minimum atomic E-state index is -0.513. The van der Waals surface area contributed by atoms with Gasteiger partial charge in [-0.15, -0.1) is 0 Å². The van der Waals surface area contributed by atoms with Gasteiger partial charge in [-0.25, -0.2) is 0 Å². The van der Waals surface area contributed by atoms with Crippen molar-refractivity contribution in [2.24, 2.45) is 0 Å². The summed E-state index contributed by atoms with van der Waals surface area (Å²) in [4.78, 5) is 30.5. The minimum absolute atomic E-state index is 0.190. The van der Waals surface area contributed by atoms with Crippen LogP contribution in [0.1, 0.15) is 64.3 Å². The highest BCUT2D eigenvalue weighted by atomic mass is 16.5. The zero-order valence-corrected chi connectivity index (χ0v) is 23.2. The standard InChI is InChI=1S/C33H39N3O4/c37-27(23-40-28-14-12-25(13-15-28)24-6-2-1-3-7-24)22-35-18-16-34(17-19-35)20-21-36-32(38)29-10-4-8-26-9-5-11-30(31(26)29)33(36)39/h4-5,8-15,24,27,37H,1-3,6-7,16-23H2/p+2/t27-/m1/s1. The second-order valence-electron chi connectivity index (χ2n) is 11.8. The molecule has 3 aromatic carbocycles. The monoisotopic (exact) mass is 543 g/mol. The maximum Gasteiger partial charge on any atom is 0.261 e. The number of amides is 2. The third-order valence-electron chi connectivity index (χ3n) is 9.13. The predicted octanol–water partition coefficient (Wildman–Crippen LogP) is 1.71. The topological polar surface area (TPSA) is 75.7 Å². The Kier molecular flexibility index (Phi) is 8.14. The Hall–Kier alpha value is -3.26. The summed E-state index contributed by atoms with van der Waals surface area (Å²) < 4.78 is 5.91. The van der Waals surface area contributed by atoms with E-state index in [1.807, 2.05) is 48.5 Å². The summed E-state index contributed by atoms with van der Waals surface area (Å²) in [5, 5.41) is 12.3. The molecular formula is C33H41N3O4+2. The summed E-state index contributed by atoms with van der Waals surface area (Å²) in [6, 6.07) is 19.8. The molecule has 1 aliphatic carbocycles. The van der Waals surface area contributed by atoms with Crippen LogP contribution < -0.4 is 14.5 Å². The molecular weight excluding hydrogens is 502 g/mol. The second-order valence-corrected chi connectivity index (χ2v) is 11.8. The number of piperazine rings is 1. The van der Waals surface area contributed by atoms with Crippen molar-refractivity contribution in [2.45, 2.75) is 44.1 Å². The first kappa shape index (κ1) is 26.9. The summed E-state index contributed by atoms with van der Waals surface area (Å²) in [6.45, 7) is 5.93. The van der Waals surface area contributed by atoms with Gasteiger partial charge in [0.1, 0.15) is 51.2 Å². The van der Waals surface area contributed by atoms with Crippen LogP contribution in [0, 0.1) is 0 Å². The molecule has 2 aliphatic heterocycles. The van der Waals surface area contributed by atoms with E-state index in [4.69, 9.17) is 4.74 Å². The van der Waals surface area contributed by atoms with Crippen LogP contribution in [0.15, 0.2) is 60.7 Å². The molecule has 7 heteroatoms. The van der Waals surface area contributed by atoms with Crippen LogP contribution in [-0.4, -0.2) is 80.3 Å². The average molecular weight is 544 g/mol. The van der Waals surface area contributed by atoms with Gasteiger partial charge in [0.25, 0.3) is 11.8 Å². The molecule has 3 N–H and O–H groups in total. The van der Waals surface area contributed by atoms with Gasteiger partial charge in [-0.1, -0.05) is 55.7 Å². The second kappa shape index (κ2) is 12.1. The molecule has 2 amide bonds. The molecule has 0 radical (unpaired) electrons. The summed E-state index contributed by atoms with van der Waals surface area (Å²) in [7, 11) is 0. The molecule has 0 unspecified atom stereocenters. The zero-order valence-electron chi connectivity index (χ0n) is 23.2. The molecule has 6 rings (SSSR count). The molecule has 7 nitrogen and oxygen atoms in total. The molecule has 40 heavy (non-hydrogen) atoms. The number of rotatable bonds is 9. The van der Waals surface area contributed by atoms with E-state index in [-0.39, 0.29) is 11.8 Å². The number of nitrogens with one attached hydrogen (secondary N) is 2. The third-order valence-corrected chi connectivity index (χ3v) is 9.13. The fourth-order valence-corrected chi connectivity index (χ4v) is 6.82. The third kappa shape index (κ3) is 5.78. The largest absolute Gasteiger partial charge is 0.491 e. The highest BCUT2D eigenvalue weighted by Gasteiger charge is 2.34. The number of quaternary nitrogens is 2. The van der Waals surface area contributed by atoms with Crippen LogP contribution in [0.4, 0.5) is 0 Å². The average Bonchev–Trinajstić information content (AvgIpc) is 3.00. The first-order chi connectivity index (χ1) is 19.6. The van der Waals surface area contributed by atoms with Crippen LogP contribution in [0.3, 0.4) is 0 Å². The lowest BCUT2D eigenvalue weighted by atomic mass is 9.84. The minimum Gasteiger partial charge on any atom is -0.491 e. The number of hydrogen-bond donors (Lipinski definition) is 3. The Bertz CT molecular complexity index is 1290. The first-order valence-electron chi connectivity index (χ1n) is 15.0. The number of nitrogens with zero attached hydrogens (tertiary/aromatic N) is 1. The van der Waals surface area contributed by atoms with E-state index in [2.05, 4.69) is 12.1 Å². The highest BCUT2D eigenvalue weighted by Crippen LogP contribution is 2.33. The molecule has 3 aromatic rings. The maximum absolute atomic E-state index is 13.2. The lowest BCUT2D eigenvalue weighted by Gasteiger charge is -2.32. The molecule has 0 spiro atoms. The lowest BCUT2D eigenvalue weighted by molar-refractivity contribution is -1.01. The van der Waals surface area contributed by atoms with Crippen LogP contribution in [-0.2, 0) is 0 Å². The van der Waals surface area contributed by atoms with Crippen molar-refractivity contribution in [1.82, 2.24) is 4.90 Å². The SMILES string of the molecule is O=C1c2cccc3cccc(c23)C(=O)N1CC[NH+]1CC[NH+](C[C@@H](O)COc2ccc(C3CCCCC3)cc2)CC1. The number of carbonyl (C=O) groups is 2. The predicted molar refractivity (Wildman–Crippen MR) is 154 cm³/mol. The fourth-order valence-electron chi connectivity index (χ4n) is 6.82. The van der Waals surface area contributed by atoms with E-state index in [1.165, 1.54) is 52.4 Å². The van der Waals surface area contributed by atoms with E-state index < -0.39 is 6.10 Å². The number of aliphatic hydroxyl groups excluding tert-OH is 1. The van der Waals surface area contributed by atoms with Gasteiger partial charge in [0.15, 0.2) is 0 Å². The number of aliphatic hydroxyl groups is 1. The first-order valence-corrected chi connectivity index (χ1v) is 15.0. The molecule has 1 saturated carbocycles. The van der Waals surface area contributed by atoms with E-state index in [0.717, 1.165) is 49.2 Å². The Morgan fingerprint density at radius 2 is 1.45 bits per heavy atom. The number of imide groups is 1. The summed E-state index contributed by atoms with van der Waals surface area (Å²) in [5.74, 6) is 1.13. The summed E-state index contributed by atoms with van der Waals surface area (Å²) in [5.41, 5.74) is 2.65. The molecule has 3 aliphatic rings. The smallest absolute Gasteiger partial charge is 0.261 e. The number of ether oxygens (including phenoxy) is 1. The van der Waals surface area contributed by atoms with Gasteiger partial charge in [0.2, 0.25) is 0 Å². The van der Waals surface area contributed by atoms with E-state index in [1.54, 1.807) is 0 Å². The maximum atomic E-state index is 13.2. The zero-order chi connectivity index (χ0) is 27.5. The van der Waals surface area contributed by atoms with Crippen molar-refractivity contribution >= 4 is 22.6 Å².